The Morgan fingerprint density at radius 1 is 1.45 bits per heavy atom. The number of hydrogen-bond donors (Lipinski definition) is 2. The van der Waals surface area contributed by atoms with E-state index in [0.29, 0.717) is 22.8 Å². The largest absolute Gasteiger partial charge is 0.466 e. The summed E-state index contributed by atoms with van der Waals surface area (Å²) in [7, 11) is 0. The topological polar surface area (TPSA) is 72.5 Å². The number of carbonyl (C=O) groups is 1. The molecule has 0 aromatic heterocycles. The van der Waals surface area contributed by atoms with Crippen molar-refractivity contribution < 1.29 is 14.6 Å². The lowest BCUT2D eigenvalue weighted by Gasteiger charge is -2.21. The zero-order valence-electron chi connectivity index (χ0n) is 11.9. The lowest BCUT2D eigenvalue weighted by molar-refractivity contribution is -0.143. The van der Waals surface area contributed by atoms with Gasteiger partial charge in [-0.3, -0.25) is 4.79 Å². The Bertz CT molecular complexity index is 458. The molecule has 0 unspecified atom stereocenters. The second-order valence-corrected chi connectivity index (χ2v) is 5.38. The molecule has 1 aromatic rings. The minimum absolute atomic E-state index is 0. The van der Waals surface area contributed by atoms with Gasteiger partial charge in [0.25, 0.3) is 0 Å². The van der Waals surface area contributed by atoms with Gasteiger partial charge in [0.2, 0.25) is 0 Å². The summed E-state index contributed by atoms with van der Waals surface area (Å²) < 4.78 is 4.86. The van der Waals surface area contributed by atoms with Gasteiger partial charge in [-0.25, -0.2) is 0 Å². The summed E-state index contributed by atoms with van der Waals surface area (Å²) in [6, 6.07) is 4.64. The van der Waals surface area contributed by atoms with Crippen molar-refractivity contribution >= 4 is 30.0 Å². The van der Waals surface area contributed by atoms with Crippen molar-refractivity contribution in [2.75, 3.05) is 6.61 Å². The fraction of sp³-hybridized carbons (Fsp3) is 0.500. The smallest absolute Gasteiger partial charge is 0.307 e. The minimum Gasteiger partial charge on any atom is -0.466 e. The van der Waals surface area contributed by atoms with Crippen LogP contribution in [-0.2, 0) is 15.1 Å². The van der Waals surface area contributed by atoms with Gasteiger partial charge in [0.1, 0.15) is 0 Å². The first-order chi connectivity index (χ1) is 8.74. The van der Waals surface area contributed by atoms with Crippen molar-refractivity contribution in [3.63, 3.8) is 0 Å². The van der Waals surface area contributed by atoms with E-state index in [2.05, 4.69) is 0 Å². The molecule has 20 heavy (non-hydrogen) atoms. The minimum atomic E-state index is -1.01. The Labute approximate surface area is 130 Å². The molecule has 0 amide bonds. The van der Waals surface area contributed by atoms with Gasteiger partial charge >= 0.3 is 5.97 Å². The molecule has 0 aliphatic carbocycles. The summed E-state index contributed by atoms with van der Waals surface area (Å²) in [6.07, 6.45) is 0.0828. The van der Waals surface area contributed by atoms with Gasteiger partial charge in [-0.2, -0.15) is 0 Å². The fourth-order valence-corrected chi connectivity index (χ4v) is 1.94. The molecule has 0 heterocycles. The first-order valence-electron chi connectivity index (χ1n) is 6.18. The van der Waals surface area contributed by atoms with E-state index in [0.717, 1.165) is 0 Å². The van der Waals surface area contributed by atoms with E-state index in [-0.39, 0.29) is 24.8 Å². The summed E-state index contributed by atoms with van der Waals surface area (Å²) in [5.74, 6) is -0.347. The van der Waals surface area contributed by atoms with E-state index in [1.54, 1.807) is 39.0 Å². The van der Waals surface area contributed by atoms with Crippen LogP contribution in [0.15, 0.2) is 18.2 Å². The number of aliphatic hydroxyl groups is 1. The first kappa shape index (κ1) is 19.2. The highest BCUT2D eigenvalue weighted by atomic mass is 35.5. The molecule has 3 N–H and O–H groups in total. The molecule has 4 nitrogen and oxygen atoms in total. The molecule has 0 saturated carbocycles. The van der Waals surface area contributed by atoms with Gasteiger partial charge in [-0.05, 0) is 44.0 Å². The monoisotopic (exact) mass is 321 g/mol. The Morgan fingerprint density at radius 2 is 2.05 bits per heavy atom. The van der Waals surface area contributed by atoms with Gasteiger partial charge in [-0.1, -0.05) is 17.7 Å². The van der Waals surface area contributed by atoms with Crippen LogP contribution < -0.4 is 5.73 Å². The molecule has 114 valence electrons. The Kier molecular flexibility index (Phi) is 7.52. The van der Waals surface area contributed by atoms with Crippen LogP contribution in [0.5, 0.6) is 0 Å². The SMILES string of the molecule is CCOC(=O)C[C@H](N)c1cc(Cl)cc(C(C)(C)O)c1.Cl. The van der Waals surface area contributed by atoms with Gasteiger partial charge in [0, 0.05) is 11.1 Å². The number of esters is 1. The molecule has 0 aliphatic rings. The maximum atomic E-state index is 11.4. The van der Waals surface area contributed by atoms with Crippen LogP contribution in [0.4, 0.5) is 0 Å². The molecular weight excluding hydrogens is 301 g/mol. The van der Waals surface area contributed by atoms with Gasteiger partial charge in [-0.15, -0.1) is 12.4 Å². The molecule has 6 heteroatoms. The van der Waals surface area contributed by atoms with Crippen LogP contribution in [-0.4, -0.2) is 17.7 Å². The molecule has 0 fully saturated rings. The van der Waals surface area contributed by atoms with Crippen molar-refractivity contribution in [1.29, 1.82) is 0 Å². The Balaban J connectivity index is 0.00000361. The fourth-order valence-electron chi connectivity index (χ4n) is 1.70. The Morgan fingerprint density at radius 3 is 2.55 bits per heavy atom. The number of rotatable bonds is 5. The highest BCUT2D eigenvalue weighted by molar-refractivity contribution is 6.30. The van der Waals surface area contributed by atoms with Crippen molar-refractivity contribution in [3.8, 4) is 0 Å². The van der Waals surface area contributed by atoms with E-state index < -0.39 is 11.6 Å². The lowest BCUT2D eigenvalue weighted by Crippen LogP contribution is -2.20. The summed E-state index contributed by atoms with van der Waals surface area (Å²) in [5, 5.41) is 10.5. The number of benzene rings is 1. The average molecular weight is 322 g/mol. The second kappa shape index (κ2) is 7.84. The molecule has 0 aliphatic heterocycles. The average Bonchev–Trinajstić information content (AvgIpc) is 2.27. The van der Waals surface area contributed by atoms with Crippen LogP contribution in [0.2, 0.25) is 5.02 Å². The molecule has 0 spiro atoms. The highest BCUT2D eigenvalue weighted by Crippen LogP contribution is 2.27. The maximum Gasteiger partial charge on any atom is 0.307 e. The van der Waals surface area contributed by atoms with E-state index in [1.165, 1.54) is 0 Å². The van der Waals surface area contributed by atoms with E-state index in [1.807, 2.05) is 0 Å². The molecule has 0 bridgehead atoms. The molecular formula is C14H21Cl2NO3. The number of halogens is 2. The first-order valence-corrected chi connectivity index (χ1v) is 6.56. The third-order valence-electron chi connectivity index (χ3n) is 2.75. The van der Waals surface area contributed by atoms with Gasteiger partial charge < -0.3 is 15.6 Å². The summed E-state index contributed by atoms with van der Waals surface area (Å²) in [4.78, 5) is 11.4. The molecule has 1 atom stereocenters. The summed E-state index contributed by atoms with van der Waals surface area (Å²) >= 11 is 6.01. The van der Waals surface area contributed by atoms with Crippen LogP contribution >= 0.6 is 24.0 Å². The third kappa shape index (κ3) is 5.67. The van der Waals surface area contributed by atoms with Crippen molar-refractivity contribution in [1.82, 2.24) is 0 Å². The highest BCUT2D eigenvalue weighted by Gasteiger charge is 2.20. The lowest BCUT2D eigenvalue weighted by atomic mass is 9.94. The van der Waals surface area contributed by atoms with Crippen LogP contribution in [0.3, 0.4) is 0 Å². The number of hydrogen-bond acceptors (Lipinski definition) is 4. The zero-order chi connectivity index (χ0) is 14.6. The predicted octanol–water partition coefficient (Wildman–Crippen LogP) is 2.94. The van der Waals surface area contributed by atoms with Crippen molar-refractivity contribution in [3.05, 3.63) is 34.3 Å². The maximum absolute atomic E-state index is 11.4. The van der Waals surface area contributed by atoms with E-state index in [9.17, 15) is 9.90 Å². The standard InChI is InChI=1S/C14H20ClNO3.ClH/c1-4-19-13(17)8-12(16)9-5-10(14(2,3)18)7-11(15)6-9;/h5-7,12,18H,4,8,16H2,1-3H3;1H/t12-;/m0./s1. The van der Waals surface area contributed by atoms with E-state index in [4.69, 9.17) is 22.1 Å². The van der Waals surface area contributed by atoms with Crippen molar-refractivity contribution in [2.45, 2.75) is 38.8 Å². The second-order valence-electron chi connectivity index (χ2n) is 4.95. The molecule has 0 radical (unpaired) electrons. The molecule has 0 saturated heterocycles. The third-order valence-corrected chi connectivity index (χ3v) is 2.96. The Hall–Kier alpha value is -0.810. The zero-order valence-corrected chi connectivity index (χ0v) is 13.4. The van der Waals surface area contributed by atoms with Crippen molar-refractivity contribution in [2.24, 2.45) is 5.73 Å². The summed E-state index contributed by atoms with van der Waals surface area (Å²) in [5.41, 5.74) is 6.32. The number of carbonyl (C=O) groups excluding carboxylic acids is 1. The quantitative estimate of drug-likeness (QED) is 0.818. The van der Waals surface area contributed by atoms with Crippen LogP contribution in [0.1, 0.15) is 44.4 Å². The van der Waals surface area contributed by atoms with E-state index >= 15 is 0 Å². The number of ether oxygens (including phenoxy) is 1. The predicted molar refractivity (Wildman–Crippen MR) is 82.1 cm³/mol. The normalized spacial score (nSPS) is 12.5. The van der Waals surface area contributed by atoms with Crippen LogP contribution in [0, 0.1) is 0 Å². The summed E-state index contributed by atoms with van der Waals surface area (Å²) in [6.45, 7) is 5.41. The van der Waals surface area contributed by atoms with Gasteiger partial charge in [0.05, 0.1) is 18.6 Å². The van der Waals surface area contributed by atoms with Crippen LogP contribution in [0.25, 0.3) is 0 Å². The van der Waals surface area contributed by atoms with Gasteiger partial charge in [0.15, 0.2) is 0 Å². The number of nitrogens with two attached hydrogens (primary N) is 1. The molecule has 1 aromatic carbocycles. The molecule has 1 rings (SSSR count).